The van der Waals surface area contributed by atoms with Crippen LogP contribution in [-0.4, -0.2) is 54.5 Å². The Morgan fingerprint density at radius 3 is 2.77 bits per heavy atom. The summed E-state index contributed by atoms with van der Waals surface area (Å²) >= 11 is 7.65. The Kier molecular flexibility index (Phi) is 6.38. The fourth-order valence-corrected chi connectivity index (χ4v) is 5.08. The number of thiophene rings is 1. The lowest BCUT2D eigenvalue weighted by molar-refractivity contribution is 0.0525. The minimum Gasteiger partial charge on any atom is -0.462 e. The molecule has 162 valence electrons. The summed E-state index contributed by atoms with van der Waals surface area (Å²) in [6.45, 7) is 4.52. The standard InChI is InChI=1S/C22H21ClFN3O3S/c1-2-30-22(29)14-4-7-18(25-13-14)26-8-3-9-27(11-10-26)21(28)20-19(23)16-6-5-15(24)12-17(16)31-20/h4-7,12-13H,2-3,8-11H2,1H3. The number of ether oxygens (including phenoxy) is 1. The Labute approximate surface area is 188 Å². The highest BCUT2D eigenvalue weighted by molar-refractivity contribution is 7.21. The largest absolute Gasteiger partial charge is 0.462 e. The summed E-state index contributed by atoms with van der Waals surface area (Å²) in [4.78, 5) is 33.6. The van der Waals surface area contributed by atoms with Crippen LogP contribution in [0, 0.1) is 5.82 Å². The molecule has 1 aromatic carbocycles. The van der Waals surface area contributed by atoms with Gasteiger partial charge in [0.25, 0.3) is 5.91 Å². The van der Waals surface area contributed by atoms with Crippen LogP contribution >= 0.6 is 22.9 Å². The number of pyridine rings is 1. The highest BCUT2D eigenvalue weighted by Crippen LogP contribution is 2.36. The summed E-state index contributed by atoms with van der Waals surface area (Å²) in [5.74, 6) is -0.137. The van der Waals surface area contributed by atoms with Gasteiger partial charge >= 0.3 is 5.97 Å². The number of benzene rings is 1. The number of hydrogen-bond acceptors (Lipinski definition) is 6. The molecule has 3 heterocycles. The van der Waals surface area contributed by atoms with Crippen molar-refractivity contribution >= 4 is 50.7 Å². The molecular formula is C22H21ClFN3O3S. The van der Waals surface area contributed by atoms with Gasteiger partial charge in [-0.1, -0.05) is 11.6 Å². The molecule has 0 spiro atoms. The molecule has 1 amide bonds. The van der Waals surface area contributed by atoms with Gasteiger partial charge in [-0.25, -0.2) is 14.2 Å². The Morgan fingerprint density at radius 1 is 1.19 bits per heavy atom. The van der Waals surface area contributed by atoms with Crippen LogP contribution < -0.4 is 4.90 Å². The smallest absolute Gasteiger partial charge is 0.339 e. The highest BCUT2D eigenvalue weighted by Gasteiger charge is 2.25. The first-order valence-corrected chi connectivity index (χ1v) is 11.2. The van der Waals surface area contributed by atoms with Gasteiger partial charge in [0.1, 0.15) is 16.5 Å². The quantitative estimate of drug-likeness (QED) is 0.530. The molecule has 6 nitrogen and oxygen atoms in total. The van der Waals surface area contributed by atoms with Gasteiger partial charge in [0.2, 0.25) is 0 Å². The Balaban J connectivity index is 1.46. The molecule has 0 N–H and O–H groups in total. The first-order chi connectivity index (χ1) is 15.0. The van der Waals surface area contributed by atoms with Gasteiger partial charge < -0.3 is 14.5 Å². The molecule has 9 heteroatoms. The first-order valence-electron chi connectivity index (χ1n) is 10.0. The summed E-state index contributed by atoms with van der Waals surface area (Å²) in [6.07, 6.45) is 2.28. The maximum absolute atomic E-state index is 13.5. The van der Waals surface area contributed by atoms with Crippen LogP contribution in [0.2, 0.25) is 5.02 Å². The third kappa shape index (κ3) is 4.50. The number of fused-ring (bicyclic) bond motifs is 1. The normalized spacial score (nSPS) is 14.5. The Morgan fingerprint density at radius 2 is 2.03 bits per heavy atom. The number of esters is 1. The van der Waals surface area contributed by atoms with E-state index < -0.39 is 5.97 Å². The predicted octanol–water partition coefficient (Wildman–Crippen LogP) is 4.62. The van der Waals surface area contributed by atoms with Crippen molar-refractivity contribution in [2.45, 2.75) is 13.3 Å². The molecule has 4 rings (SSSR count). The Hall–Kier alpha value is -2.71. The molecular weight excluding hydrogens is 441 g/mol. The molecule has 0 aliphatic carbocycles. The number of hydrogen-bond donors (Lipinski definition) is 0. The third-order valence-electron chi connectivity index (χ3n) is 5.15. The van der Waals surface area contributed by atoms with Gasteiger partial charge in [0, 0.05) is 42.5 Å². The van der Waals surface area contributed by atoms with E-state index in [1.54, 1.807) is 30.0 Å². The van der Waals surface area contributed by atoms with Crippen molar-refractivity contribution in [2.24, 2.45) is 0 Å². The van der Waals surface area contributed by atoms with Gasteiger partial charge in [-0.2, -0.15) is 0 Å². The van der Waals surface area contributed by atoms with Crippen LogP contribution in [0.5, 0.6) is 0 Å². The minimum atomic E-state index is -0.394. The van der Waals surface area contributed by atoms with E-state index in [0.29, 0.717) is 51.8 Å². The zero-order valence-corrected chi connectivity index (χ0v) is 18.5. The van der Waals surface area contributed by atoms with E-state index in [9.17, 15) is 14.0 Å². The van der Waals surface area contributed by atoms with Crippen LogP contribution in [0.15, 0.2) is 36.5 Å². The van der Waals surface area contributed by atoms with Gasteiger partial charge in [-0.3, -0.25) is 4.79 Å². The second kappa shape index (κ2) is 9.20. The number of anilines is 1. The van der Waals surface area contributed by atoms with Crippen molar-refractivity contribution in [2.75, 3.05) is 37.7 Å². The van der Waals surface area contributed by atoms with E-state index in [1.165, 1.54) is 29.7 Å². The SMILES string of the molecule is CCOC(=O)c1ccc(N2CCCN(C(=O)c3sc4cc(F)ccc4c3Cl)CC2)nc1. The van der Waals surface area contributed by atoms with E-state index in [1.807, 2.05) is 0 Å². The number of nitrogens with zero attached hydrogens (tertiary/aromatic N) is 3. The molecule has 1 aliphatic rings. The fourth-order valence-electron chi connectivity index (χ4n) is 3.58. The highest BCUT2D eigenvalue weighted by atomic mass is 35.5. The predicted molar refractivity (Wildman–Crippen MR) is 120 cm³/mol. The van der Waals surface area contributed by atoms with Gasteiger partial charge in [0.05, 0.1) is 17.2 Å². The molecule has 1 aliphatic heterocycles. The molecule has 0 radical (unpaired) electrons. The average molecular weight is 462 g/mol. The van der Waals surface area contributed by atoms with Gasteiger partial charge in [-0.15, -0.1) is 11.3 Å². The zero-order valence-electron chi connectivity index (χ0n) is 16.9. The lowest BCUT2D eigenvalue weighted by Crippen LogP contribution is -2.35. The summed E-state index contributed by atoms with van der Waals surface area (Å²) in [7, 11) is 0. The number of amides is 1. The van der Waals surface area contributed by atoms with Crippen LogP contribution in [0.1, 0.15) is 33.4 Å². The minimum absolute atomic E-state index is 0.140. The molecule has 0 atom stereocenters. The summed E-state index contributed by atoms with van der Waals surface area (Å²) in [5.41, 5.74) is 0.410. The van der Waals surface area contributed by atoms with Crippen molar-refractivity contribution in [3.63, 3.8) is 0 Å². The van der Waals surface area contributed by atoms with Crippen LogP contribution in [0.4, 0.5) is 10.2 Å². The van der Waals surface area contributed by atoms with Crippen molar-refractivity contribution in [1.82, 2.24) is 9.88 Å². The molecule has 3 aromatic rings. The van der Waals surface area contributed by atoms with E-state index in [-0.39, 0.29) is 11.7 Å². The topological polar surface area (TPSA) is 62.7 Å². The maximum atomic E-state index is 13.5. The van der Waals surface area contributed by atoms with Gasteiger partial charge in [0.15, 0.2) is 0 Å². The van der Waals surface area contributed by atoms with Crippen molar-refractivity contribution in [3.05, 3.63) is 57.8 Å². The second-order valence-corrected chi connectivity index (χ2v) is 8.57. The number of carbonyl (C=O) groups excluding carboxylic acids is 2. The van der Waals surface area contributed by atoms with Gasteiger partial charge in [-0.05, 0) is 43.7 Å². The third-order valence-corrected chi connectivity index (χ3v) is 6.80. The van der Waals surface area contributed by atoms with Crippen LogP contribution in [0.25, 0.3) is 10.1 Å². The number of aromatic nitrogens is 1. The molecule has 0 unspecified atom stereocenters. The number of halogens is 2. The number of rotatable bonds is 4. The molecule has 1 saturated heterocycles. The maximum Gasteiger partial charge on any atom is 0.339 e. The van der Waals surface area contributed by atoms with Crippen LogP contribution in [0.3, 0.4) is 0 Å². The molecule has 31 heavy (non-hydrogen) atoms. The summed E-state index contributed by atoms with van der Waals surface area (Å²) in [5, 5.41) is 1.07. The van der Waals surface area contributed by atoms with Crippen LogP contribution in [-0.2, 0) is 4.74 Å². The fraction of sp³-hybridized carbons (Fsp3) is 0.318. The zero-order chi connectivity index (χ0) is 22.0. The van der Waals surface area contributed by atoms with E-state index in [2.05, 4.69) is 9.88 Å². The van der Waals surface area contributed by atoms with E-state index in [0.717, 1.165) is 18.8 Å². The summed E-state index contributed by atoms with van der Waals surface area (Å²) < 4.78 is 19.2. The van der Waals surface area contributed by atoms with Crippen molar-refractivity contribution in [3.8, 4) is 0 Å². The molecule has 1 fully saturated rings. The van der Waals surface area contributed by atoms with E-state index in [4.69, 9.17) is 16.3 Å². The van der Waals surface area contributed by atoms with E-state index >= 15 is 0 Å². The lowest BCUT2D eigenvalue weighted by atomic mass is 10.2. The summed E-state index contributed by atoms with van der Waals surface area (Å²) in [6, 6.07) is 7.85. The van der Waals surface area contributed by atoms with Crippen molar-refractivity contribution in [1.29, 1.82) is 0 Å². The van der Waals surface area contributed by atoms with Crippen molar-refractivity contribution < 1.29 is 18.7 Å². The molecule has 0 bridgehead atoms. The molecule has 2 aromatic heterocycles. The first kappa shape index (κ1) is 21.5. The lowest BCUT2D eigenvalue weighted by Gasteiger charge is -2.22. The molecule has 0 saturated carbocycles. The second-order valence-electron chi connectivity index (χ2n) is 7.14. The average Bonchev–Trinajstić information content (AvgIpc) is 2.93. The Bertz CT molecular complexity index is 1120. The number of carbonyl (C=O) groups is 2. The monoisotopic (exact) mass is 461 g/mol.